The number of fused-ring (bicyclic) bond motifs is 1. The lowest BCUT2D eigenvalue weighted by Gasteiger charge is -2.24. The van der Waals surface area contributed by atoms with Gasteiger partial charge in [-0.3, -0.25) is 9.59 Å². The maximum atomic E-state index is 16.4. The lowest BCUT2D eigenvalue weighted by Crippen LogP contribution is -2.26. The molecule has 46 heavy (non-hydrogen) atoms. The largest absolute Gasteiger partial charge is 0.491 e. The first-order chi connectivity index (χ1) is 22.2. The second-order valence-electron chi connectivity index (χ2n) is 10.6. The lowest BCUT2D eigenvalue weighted by atomic mass is 9.98. The normalized spacial score (nSPS) is 11.8. The van der Waals surface area contributed by atoms with Gasteiger partial charge in [0.2, 0.25) is 11.8 Å². The van der Waals surface area contributed by atoms with Crippen LogP contribution in [0.4, 0.5) is 20.3 Å². The Labute approximate surface area is 264 Å². The Hall–Kier alpha value is -5.52. The zero-order valence-electron chi connectivity index (χ0n) is 25.7. The van der Waals surface area contributed by atoms with Gasteiger partial charge in [-0.2, -0.15) is 0 Å². The van der Waals surface area contributed by atoms with E-state index >= 15 is 4.39 Å². The average molecular weight is 628 g/mol. The number of carbonyl (C=O) groups excluding carboxylic acids is 2. The summed E-state index contributed by atoms with van der Waals surface area (Å²) in [7, 11) is 1.50. The van der Waals surface area contributed by atoms with Crippen LogP contribution in [0.3, 0.4) is 0 Å². The number of imidazole rings is 1. The minimum absolute atomic E-state index is 0.0239. The first-order valence-corrected chi connectivity index (χ1v) is 14.8. The SMILES string of the molecule is CCOc1cc(CC)cc(C(Nc2ccc3c(N)nccc3c2)c2nc(-c3cccc(CF)c3C(N)=O)cn2CC(=O)NC)c1F. The summed E-state index contributed by atoms with van der Waals surface area (Å²) in [5.41, 5.74) is 14.0. The number of alkyl halides is 1. The smallest absolute Gasteiger partial charge is 0.249 e. The number of hydrogen-bond donors (Lipinski definition) is 4. The number of pyridine rings is 1. The molecule has 0 aliphatic heterocycles. The van der Waals surface area contributed by atoms with Gasteiger partial charge in [-0.1, -0.05) is 31.2 Å². The van der Waals surface area contributed by atoms with Crippen LogP contribution in [0, 0.1) is 5.82 Å². The molecule has 5 rings (SSSR count). The van der Waals surface area contributed by atoms with Crippen LogP contribution in [0.25, 0.3) is 22.0 Å². The second-order valence-corrected chi connectivity index (χ2v) is 10.6. The third kappa shape index (κ3) is 6.32. The molecule has 6 N–H and O–H groups in total. The minimum Gasteiger partial charge on any atom is -0.491 e. The van der Waals surface area contributed by atoms with Crippen LogP contribution in [0.2, 0.25) is 0 Å². The molecule has 0 spiro atoms. The maximum absolute atomic E-state index is 16.4. The van der Waals surface area contributed by atoms with Crippen LogP contribution in [0.5, 0.6) is 5.75 Å². The summed E-state index contributed by atoms with van der Waals surface area (Å²) >= 11 is 0. The van der Waals surface area contributed by atoms with Gasteiger partial charge in [0.1, 0.15) is 30.9 Å². The Balaban J connectivity index is 1.77. The van der Waals surface area contributed by atoms with Gasteiger partial charge in [-0.25, -0.2) is 18.7 Å². The van der Waals surface area contributed by atoms with Crippen LogP contribution >= 0.6 is 0 Å². The van der Waals surface area contributed by atoms with E-state index in [9.17, 15) is 14.0 Å². The summed E-state index contributed by atoms with van der Waals surface area (Å²) in [6.45, 7) is 2.87. The first kappa shape index (κ1) is 31.9. The van der Waals surface area contributed by atoms with Crippen LogP contribution in [-0.4, -0.2) is 40.0 Å². The molecule has 3 aromatic carbocycles. The molecule has 1 unspecified atom stereocenters. The standard InChI is InChI=1S/C34H35F2N7O3/c1-4-19-13-25(30(36)27(14-19)46-5-2)31(41-22-9-10-23-20(15-22)11-12-40-32(23)37)34-42-26(17-43(34)18-28(44)39-3)24-8-6-7-21(16-35)29(24)33(38)45/h6-15,17,31,41H,4-5,16,18H2,1-3H3,(H2,37,40)(H2,38,45)(H,39,44). The molecule has 12 heteroatoms. The number of amides is 2. The summed E-state index contributed by atoms with van der Waals surface area (Å²) in [5.74, 6) is -1.06. The molecule has 2 aromatic heterocycles. The number of rotatable bonds is 12. The molecule has 0 aliphatic carbocycles. The molecule has 238 valence electrons. The van der Waals surface area contributed by atoms with Crippen LogP contribution in [0.1, 0.15) is 52.8 Å². The number of ether oxygens (including phenoxy) is 1. The quantitative estimate of drug-likeness (QED) is 0.147. The predicted molar refractivity (Wildman–Crippen MR) is 174 cm³/mol. The molecule has 0 radical (unpaired) electrons. The van der Waals surface area contributed by atoms with E-state index in [1.54, 1.807) is 54.2 Å². The Bertz CT molecular complexity index is 1930. The monoisotopic (exact) mass is 627 g/mol. The van der Waals surface area contributed by atoms with Gasteiger partial charge in [0.05, 0.1) is 17.9 Å². The predicted octanol–water partition coefficient (Wildman–Crippen LogP) is 5.30. The van der Waals surface area contributed by atoms with Crippen molar-refractivity contribution in [3.8, 4) is 17.0 Å². The highest BCUT2D eigenvalue weighted by atomic mass is 19.1. The molecule has 2 heterocycles. The Kier molecular flexibility index (Phi) is 9.45. The number of nitrogens with two attached hydrogens (primary N) is 2. The van der Waals surface area contributed by atoms with E-state index in [1.165, 1.54) is 13.1 Å². The number of aromatic nitrogens is 3. The van der Waals surface area contributed by atoms with Crippen molar-refractivity contribution < 1.29 is 23.1 Å². The highest BCUT2D eigenvalue weighted by Crippen LogP contribution is 2.36. The molecule has 1 atom stereocenters. The molecule has 0 bridgehead atoms. The van der Waals surface area contributed by atoms with Crippen LogP contribution in [-0.2, 0) is 24.4 Å². The zero-order chi connectivity index (χ0) is 33.0. The van der Waals surface area contributed by atoms with Crippen molar-refractivity contribution in [2.45, 2.75) is 39.5 Å². The Morgan fingerprint density at radius 3 is 2.61 bits per heavy atom. The molecule has 0 fully saturated rings. The Morgan fingerprint density at radius 2 is 1.91 bits per heavy atom. The fourth-order valence-corrected chi connectivity index (χ4v) is 5.46. The van der Waals surface area contributed by atoms with Crippen molar-refractivity contribution in [2.24, 2.45) is 5.73 Å². The number of aryl methyl sites for hydroxylation is 1. The number of carbonyl (C=O) groups is 2. The van der Waals surface area contributed by atoms with Gasteiger partial charge in [0, 0.05) is 41.6 Å². The van der Waals surface area contributed by atoms with Gasteiger partial charge in [0.25, 0.3) is 0 Å². The number of primary amides is 1. The number of nitrogen functional groups attached to an aromatic ring is 1. The van der Waals surface area contributed by atoms with E-state index in [-0.39, 0.29) is 58.6 Å². The van der Waals surface area contributed by atoms with Crippen molar-refractivity contribution in [3.63, 3.8) is 0 Å². The van der Waals surface area contributed by atoms with E-state index in [0.717, 1.165) is 16.3 Å². The molecule has 0 aliphatic rings. The minimum atomic E-state index is -0.970. The molecule has 5 aromatic rings. The fourth-order valence-electron chi connectivity index (χ4n) is 5.46. The zero-order valence-corrected chi connectivity index (χ0v) is 25.7. The molecule has 10 nitrogen and oxygen atoms in total. The molecule has 0 saturated heterocycles. The van der Waals surface area contributed by atoms with Crippen molar-refractivity contribution in [2.75, 3.05) is 24.7 Å². The molecular weight excluding hydrogens is 592 g/mol. The van der Waals surface area contributed by atoms with Crippen molar-refractivity contribution in [1.29, 1.82) is 0 Å². The van der Waals surface area contributed by atoms with Gasteiger partial charge >= 0.3 is 0 Å². The second kappa shape index (κ2) is 13.6. The van der Waals surface area contributed by atoms with Crippen molar-refractivity contribution in [1.82, 2.24) is 19.9 Å². The maximum Gasteiger partial charge on any atom is 0.249 e. The number of likely N-dealkylation sites (N-methyl/N-ethyl adjacent to an activating group) is 1. The van der Waals surface area contributed by atoms with E-state index in [0.29, 0.717) is 17.9 Å². The van der Waals surface area contributed by atoms with Gasteiger partial charge in [-0.15, -0.1) is 0 Å². The number of benzene rings is 3. The van der Waals surface area contributed by atoms with Crippen LogP contribution < -0.4 is 26.8 Å². The van der Waals surface area contributed by atoms with E-state index in [1.807, 2.05) is 25.1 Å². The number of nitrogens with zero attached hydrogens (tertiary/aromatic N) is 3. The van der Waals surface area contributed by atoms with E-state index in [4.69, 9.17) is 21.2 Å². The topological polar surface area (TPSA) is 150 Å². The average Bonchev–Trinajstić information content (AvgIpc) is 3.47. The molecule has 2 amide bonds. The molecule has 0 saturated carbocycles. The van der Waals surface area contributed by atoms with E-state index < -0.39 is 24.4 Å². The van der Waals surface area contributed by atoms with Crippen molar-refractivity contribution >= 4 is 34.1 Å². The van der Waals surface area contributed by atoms with Gasteiger partial charge in [-0.05, 0) is 60.2 Å². The number of hydrogen-bond acceptors (Lipinski definition) is 7. The summed E-state index contributed by atoms with van der Waals surface area (Å²) in [5, 5.41) is 7.57. The van der Waals surface area contributed by atoms with Gasteiger partial charge < -0.3 is 31.4 Å². The molecular formula is C34H35F2N7O3. The summed E-state index contributed by atoms with van der Waals surface area (Å²) in [4.78, 5) is 34.3. The highest BCUT2D eigenvalue weighted by molar-refractivity contribution is 6.01. The van der Waals surface area contributed by atoms with Crippen molar-refractivity contribution in [3.05, 3.63) is 101 Å². The summed E-state index contributed by atoms with van der Waals surface area (Å²) < 4.78 is 37.5. The number of nitrogens with one attached hydrogen (secondary N) is 2. The van der Waals surface area contributed by atoms with E-state index in [2.05, 4.69) is 15.6 Å². The number of halogens is 2. The lowest BCUT2D eigenvalue weighted by molar-refractivity contribution is -0.121. The third-order valence-corrected chi connectivity index (χ3v) is 7.73. The highest BCUT2D eigenvalue weighted by Gasteiger charge is 2.29. The fraction of sp³-hybridized carbons (Fsp3) is 0.235. The first-order valence-electron chi connectivity index (χ1n) is 14.8. The number of anilines is 2. The third-order valence-electron chi connectivity index (χ3n) is 7.73. The summed E-state index contributed by atoms with van der Waals surface area (Å²) in [6.07, 6.45) is 3.76. The van der Waals surface area contributed by atoms with Crippen LogP contribution in [0.15, 0.2) is 67.0 Å². The Morgan fingerprint density at radius 1 is 1.11 bits per heavy atom. The van der Waals surface area contributed by atoms with Gasteiger partial charge in [0.15, 0.2) is 11.6 Å². The summed E-state index contributed by atoms with van der Waals surface area (Å²) in [6, 6.07) is 14.4.